The maximum Gasteiger partial charge on any atom is 0.193 e. The smallest absolute Gasteiger partial charge is 0.193 e. The van der Waals surface area contributed by atoms with Crippen molar-refractivity contribution in [3.05, 3.63) is 0 Å². The summed E-state index contributed by atoms with van der Waals surface area (Å²) < 4.78 is 0. The summed E-state index contributed by atoms with van der Waals surface area (Å²) in [5.41, 5.74) is 0. The number of piperazine rings is 1. The third-order valence-electron chi connectivity index (χ3n) is 5.07. The standard InChI is InChI=1S/C17H35N5S.HI/c1-14(2)16-13-22(10-11-23-16)17(18-4)19-12-15(3)21-8-6-20(5)7-9-21;/h14-16H,6-13H2,1-5H3,(H,18,19);1H. The molecule has 0 spiro atoms. The zero-order valence-electron chi connectivity index (χ0n) is 16.0. The quantitative estimate of drug-likeness (QED) is 0.387. The Kier molecular flexibility index (Phi) is 10.3. The second-order valence-electron chi connectivity index (χ2n) is 7.22. The van der Waals surface area contributed by atoms with Gasteiger partial charge in [0.15, 0.2) is 5.96 Å². The fourth-order valence-corrected chi connectivity index (χ4v) is 4.53. The van der Waals surface area contributed by atoms with Gasteiger partial charge in [-0.05, 0) is 19.9 Å². The molecule has 2 rings (SSSR count). The van der Waals surface area contributed by atoms with E-state index in [0.717, 1.165) is 36.8 Å². The van der Waals surface area contributed by atoms with Gasteiger partial charge in [-0.3, -0.25) is 9.89 Å². The molecule has 2 heterocycles. The first-order valence-corrected chi connectivity index (χ1v) is 10.1. The molecule has 0 bridgehead atoms. The van der Waals surface area contributed by atoms with E-state index in [-0.39, 0.29) is 24.0 Å². The van der Waals surface area contributed by atoms with E-state index in [1.807, 2.05) is 7.05 Å². The zero-order chi connectivity index (χ0) is 16.8. The van der Waals surface area contributed by atoms with Crippen LogP contribution in [0.2, 0.25) is 0 Å². The summed E-state index contributed by atoms with van der Waals surface area (Å²) in [4.78, 5) is 12.0. The Morgan fingerprint density at radius 1 is 1.17 bits per heavy atom. The van der Waals surface area contributed by atoms with Crippen molar-refractivity contribution >= 4 is 41.7 Å². The van der Waals surface area contributed by atoms with Gasteiger partial charge in [-0.2, -0.15) is 11.8 Å². The molecule has 0 aromatic carbocycles. The Morgan fingerprint density at radius 2 is 1.83 bits per heavy atom. The lowest BCUT2D eigenvalue weighted by Gasteiger charge is -2.38. The lowest BCUT2D eigenvalue weighted by Crippen LogP contribution is -2.54. The Morgan fingerprint density at radius 3 is 2.42 bits per heavy atom. The normalized spacial score (nSPS) is 25.5. The number of nitrogens with one attached hydrogen (secondary N) is 1. The molecule has 2 aliphatic rings. The van der Waals surface area contributed by atoms with Crippen LogP contribution < -0.4 is 5.32 Å². The fraction of sp³-hybridized carbons (Fsp3) is 0.941. The number of nitrogens with zero attached hydrogens (tertiary/aromatic N) is 4. The van der Waals surface area contributed by atoms with Gasteiger partial charge < -0.3 is 15.1 Å². The molecule has 0 aromatic heterocycles. The minimum atomic E-state index is 0. The first-order valence-electron chi connectivity index (χ1n) is 9.01. The van der Waals surface area contributed by atoms with Gasteiger partial charge in [0.1, 0.15) is 0 Å². The topological polar surface area (TPSA) is 34.1 Å². The van der Waals surface area contributed by atoms with Crippen molar-refractivity contribution in [2.45, 2.75) is 32.1 Å². The number of hydrogen-bond acceptors (Lipinski definition) is 4. The van der Waals surface area contributed by atoms with Crippen LogP contribution in [0.1, 0.15) is 20.8 Å². The molecular formula is C17H36IN5S. The number of hydrogen-bond donors (Lipinski definition) is 1. The van der Waals surface area contributed by atoms with E-state index in [0.29, 0.717) is 6.04 Å². The second-order valence-corrected chi connectivity index (χ2v) is 8.56. The molecule has 2 unspecified atom stereocenters. The molecule has 0 saturated carbocycles. The van der Waals surface area contributed by atoms with E-state index in [4.69, 9.17) is 0 Å². The predicted octanol–water partition coefficient (Wildman–Crippen LogP) is 1.89. The Hall–Kier alpha value is 0.270. The van der Waals surface area contributed by atoms with Crippen molar-refractivity contribution in [1.82, 2.24) is 20.0 Å². The van der Waals surface area contributed by atoms with E-state index >= 15 is 0 Å². The molecular weight excluding hydrogens is 433 g/mol. The summed E-state index contributed by atoms with van der Waals surface area (Å²) >= 11 is 2.11. The molecule has 7 heteroatoms. The number of halogens is 1. The molecule has 2 atom stereocenters. The molecule has 5 nitrogen and oxygen atoms in total. The fourth-order valence-electron chi connectivity index (χ4n) is 3.23. The van der Waals surface area contributed by atoms with Gasteiger partial charge in [0.25, 0.3) is 0 Å². The van der Waals surface area contributed by atoms with Gasteiger partial charge in [-0.25, -0.2) is 0 Å². The molecule has 0 aromatic rings. The van der Waals surface area contributed by atoms with Crippen molar-refractivity contribution in [3.63, 3.8) is 0 Å². The number of aliphatic imine (C=N–C) groups is 1. The van der Waals surface area contributed by atoms with Crippen LogP contribution in [-0.4, -0.2) is 97.6 Å². The van der Waals surface area contributed by atoms with Crippen LogP contribution >= 0.6 is 35.7 Å². The Balaban J connectivity index is 0.00000288. The predicted molar refractivity (Wildman–Crippen MR) is 118 cm³/mol. The summed E-state index contributed by atoms with van der Waals surface area (Å²) in [5.74, 6) is 3.01. The Labute approximate surface area is 170 Å². The summed E-state index contributed by atoms with van der Waals surface area (Å²) in [6.07, 6.45) is 0. The van der Waals surface area contributed by atoms with Crippen LogP contribution in [0, 0.1) is 5.92 Å². The van der Waals surface area contributed by atoms with Crippen LogP contribution in [0.5, 0.6) is 0 Å². The maximum atomic E-state index is 4.53. The molecule has 1 N–H and O–H groups in total. The third-order valence-corrected chi connectivity index (χ3v) is 6.61. The first-order chi connectivity index (χ1) is 11.0. The highest BCUT2D eigenvalue weighted by Crippen LogP contribution is 2.24. The molecule has 142 valence electrons. The second kappa shape index (κ2) is 11.1. The molecule has 2 fully saturated rings. The average molecular weight is 469 g/mol. The molecule has 0 aliphatic carbocycles. The lowest BCUT2D eigenvalue weighted by atomic mass is 10.1. The molecule has 0 amide bonds. The van der Waals surface area contributed by atoms with Crippen molar-refractivity contribution in [2.75, 3.05) is 65.7 Å². The van der Waals surface area contributed by atoms with Crippen LogP contribution in [0.3, 0.4) is 0 Å². The minimum Gasteiger partial charge on any atom is -0.355 e. The SMILES string of the molecule is CN=C(NCC(C)N1CCN(C)CC1)N1CCSC(C(C)C)C1.I. The summed E-state index contributed by atoms with van der Waals surface area (Å²) in [5, 5.41) is 4.34. The summed E-state index contributed by atoms with van der Waals surface area (Å²) in [7, 11) is 4.12. The molecule has 2 aliphatic heterocycles. The van der Waals surface area contributed by atoms with E-state index in [9.17, 15) is 0 Å². The Bertz CT molecular complexity index is 385. The van der Waals surface area contributed by atoms with Gasteiger partial charge in [0.2, 0.25) is 0 Å². The van der Waals surface area contributed by atoms with Gasteiger partial charge in [-0.1, -0.05) is 13.8 Å². The van der Waals surface area contributed by atoms with Crippen molar-refractivity contribution in [1.29, 1.82) is 0 Å². The van der Waals surface area contributed by atoms with Crippen molar-refractivity contribution in [2.24, 2.45) is 10.9 Å². The molecule has 2 saturated heterocycles. The van der Waals surface area contributed by atoms with E-state index in [1.165, 1.54) is 31.9 Å². The van der Waals surface area contributed by atoms with Crippen LogP contribution in [0.15, 0.2) is 4.99 Å². The van der Waals surface area contributed by atoms with E-state index in [2.05, 4.69) is 64.6 Å². The number of likely N-dealkylation sites (N-methyl/N-ethyl adjacent to an activating group) is 1. The zero-order valence-corrected chi connectivity index (χ0v) is 19.1. The summed E-state index contributed by atoms with van der Waals surface area (Å²) in [6, 6.07) is 0.556. The van der Waals surface area contributed by atoms with Crippen LogP contribution in [0.4, 0.5) is 0 Å². The number of guanidine groups is 1. The summed E-state index contributed by atoms with van der Waals surface area (Å²) in [6.45, 7) is 14.9. The van der Waals surface area contributed by atoms with Gasteiger partial charge >= 0.3 is 0 Å². The first kappa shape index (κ1) is 22.3. The highest BCUT2D eigenvalue weighted by Gasteiger charge is 2.25. The monoisotopic (exact) mass is 469 g/mol. The van der Waals surface area contributed by atoms with Crippen molar-refractivity contribution in [3.8, 4) is 0 Å². The third kappa shape index (κ3) is 6.53. The molecule has 24 heavy (non-hydrogen) atoms. The highest BCUT2D eigenvalue weighted by molar-refractivity contribution is 14.0. The van der Waals surface area contributed by atoms with Gasteiger partial charge in [0.05, 0.1) is 0 Å². The lowest BCUT2D eigenvalue weighted by molar-refractivity contribution is 0.119. The van der Waals surface area contributed by atoms with Crippen LogP contribution in [-0.2, 0) is 0 Å². The number of rotatable bonds is 4. The maximum absolute atomic E-state index is 4.53. The highest BCUT2D eigenvalue weighted by atomic mass is 127. The van der Waals surface area contributed by atoms with E-state index < -0.39 is 0 Å². The van der Waals surface area contributed by atoms with Crippen LogP contribution in [0.25, 0.3) is 0 Å². The van der Waals surface area contributed by atoms with Gasteiger partial charge in [0, 0.05) is 69.9 Å². The van der Waals surface area contributed by atoms with E-state index in [1.54, 1.807) is 0 Å². The van der Waals surface area contributed by atoms with Crippen molar-refractivity contribution < 1.29 is 0 Å². The molecule has 0 radical (unpaired) electrons. The largest absolute Gasteiger partial charge is 0.355 e. The van der Waals surface area contributed by atoms with Gasteiger partial charge in [-0.15, -0.1) is 24.0 Å². The average Bonchev–Trinajstić information content (AvgIpc) is 2.56. The minimum absolute atomic E-state index is 0. The number of thioether (sulfide) groups is 1.